The smallest absolute Gasteiger partial charge is 0.0547 e. The minimum atomic E-state index is -0.296. The maximum absolute atomic E-state index is 2.49. The normalized spacial score (nSPS) is 12.7. The van der Waals surface area contributed by atoms with Gasteiger partial charge in [-0.15, -0.1) is 0 Å². The van der Waals surface area contributed by atoms with Gasteiger partial charge in [0.05, 0.1) is 38.8 Å². The summed E-state index contributed by atoms with van der Waals surface area (Å²) in [6.07, 6.45) is 0. The lowest BCUT2D eigenvalue weighted by molar-refractivity contribution is 0.660. The van der Waals surface area contributed by atoms with Gasteiger partial charge in [0, 0.05) is 71.6 Å². The van der Waals surface area contributed by atoms with Crippen LogP contribution < -0.4 is 4.90 Å². The number of hydrogen-bond acceptors (Lipinski definition) is 1. The van der Waals surface area contributed by atoms with Gasteiger partial charge in [0.2, 0.25) is 0 Å². The molecule has 0 radical (unpaired) electrons. The molecule has 1 aliphatic carbocycles. The van der Waals surface area contributed by atoms with Gasteiger partial charge in [0.15, 0.2) is 0 Å². The monoisotopic (exact) mass is 1130 g/mol. The minimum Gasteiger partial charge on any atom is -0.310 e. The molecule has 4 heteroatoms. The first-order valence-electron chi connectivity index (χ1n) is 30.9. The van der Waals surface area contributed by atoms with E-state index < -0.39 is 0 Å². The van der Waals surface area contributed by atoms with Crippen LogP contribution in [0.5, 0.6) is 0 Å². The Morgan fingerprint density at radius 1 is 0.236 bits per heavy atom. The van der Waals surface area contributed by atoms with Crippen LogP contribution in [-0.2, 0) is 5.41 Å². The summed E-state index contributed by atoms with van der Waals surface area (Å²) in [4.78, 5) is 2.49. The van der Waals surface area contributed by atoms with Gasteiger partial charge in [0.25, 0.3) is 0 Å². The molecule has 0 unspecified atom stereocenters. The molecule has 0 saturated carbocycles. The zero-order valence-corrected chi connectivity index (χ0v) is 49.3. The summed E-state index contributed by atoms with van der Waals surface area (Å²) in [7, 11) is 0. The highest BCUT2D eigenvalue weighted by Gasteiger charge is 2.37. The van der Waals surface area contributed by atoms with Crippen molar-refractivity contribution in [2.24, 2.45) is 0 Å². The lowest BCUT2D eigenvalue weighted by atomic mass is 9.82. The van der Waals surface area contributed by atoms with E-state index >= 15 is 0 Å². The third-order valence-corrected chi connectivity index (χ3v) is 19.2. The standard InChI is InChI=1S/C85H58N4/c1-85(2)76-53-63(43-47-67(76)68-48-44-64(54-77(68)85)89-80-31-17-11-25-70(80)71-26-12-18-32-81(71)89)86(82-50-49-65(66-23-9-10-24-69(66)82)59-40-46-75-73-28-14-16-30-79(73)88(84(75)52-59)61-21-7-4-8-22-61)62-41-37-56(38-42-62)55-33-35-57(36-34-55)58-39-45-74-72-27-13-15-29-78(72)87(83(74)51-58)60-19-5-3-6-20-60/h3-54H,1-2H3. The van der Waals surface area contributed by atoms with Gasteiger partial charge in [-0.25, -0.2) is 0 Å². The number of fused-ring (bicyclic) bond motifs is 13. The fourth-order valence-corrected chi connectivity index (χ4v) is 15.0. The summed E-state index contributed by atoms with van der Waals surface area (Å²) in [5.41, 5.74) is 26.0. The quantitative estimate of drug-likeness (QED) is 0.141. The van der Waals surface area contributed by atoms with Crippen molar-refractivity contribution in [3.63, 3.8) is 0 Å². The van der Waals surface area contributed by atoms with Gasteiger partial charge in [-0.2, -0.15) is 0 Å². The summed E-state index contributed by atoms with van der Waals surface area (Å²) in [5.74, 6) is 0. The molecule has 0 aliphatic heterocycles. The highest BCUT2D eigenvalue weighted by atomic mass is 15.1. The Kier molecular flexibility index (Phi) is 11.3. The van der Waals surface area contributed by atoms with Crippen LogP contribution in [-0.4, -0.2) is 13.7 Å². The second-order valence-electron chi connectivity index (χ2n) is 24.4. The summed E-state index contributed by atoms with van der Waals surface area (Å²) >= 11 is 0. The van der Waals surface area contributed by atoms with Gasteiger partial charge < -0.3 is 18.6 Å². The van der Waals surface area contributed by atoms with Crippen molar-refractivity contribution in [1.82, 2.24) is 13.7 Å². The average Bonchev–Trinajstić information content (AvgIpc) is 2.45. The first kappa shape index (κ1) is 50.8. The van der Waals surface area contributed by atoms with Gasteiger partial charge in [-0.1, -0.05) is 226 Å². The predicted molar refractivity (Wildman–Crippen MR) is 376 cm³/mol. The number of nitrogens with zero attached hydrogens (tertiary/aromatic N) is 4. The fraction of sp³-hybridized carbons (Fsp3) is 0.0353. The Morgan fingerprint density at radius 2 is 0.607 bits per heavy atom. The van der Waals surface area contributed by atoms with E-state index in [0.29, 0.717) is 0 Å². The van der Waals surface area contributed by atoms with Crippen LogP contribution in [0.25, 0.3) is 138 Å². The number of rotatable bonds is 9. The predicted octanol–water partition coefficient (Wildman–Crippen LogP) is 22.9. The molecule has 418 valence electrons. The van der Waals surface area contributed by atoms with Crippen molar-refractivity contribution < 1.29 is 0 Å². The van der Waals surface area contributed by atoms with Crippen LogP contribution in [0.15, 0.2) is 315 Å². The summed E-state index contributed by atoms with van der Waals surface area (Å²) in [6.45, 7) is 4.81. The number of benzene rings is 14. The zero-order chi connectivity index (χ0) is 58.9. The Hall–Kier alpha value is -11.5. The van der Waals surface area contributed by atoms with Gasteiger partial charge >= 0.3 is 0 Å². The van der Waals surface area contributed by atoms with Gasteiger partial charge in [0.1, 0.15) is 0 Å². The largest absolute Gasteiger partial charge is 0.310 e. The molecule has 0 amide bonds. The number of para-hydroxylation sites is 6. The van der Waals surface area contributed by atoms with Crippen LogP contribution in [0.4, 0.5) is 17.1 Å². The van der Waals surface area contributed by atoms with E-state index in [2.05, 4.69) is 348 Å². The number of aromatic nitrogens is 3. The van der Waals surface area contributed by atoms with Crippen LogP contribution in [0, 0.1) is 0 Å². The van der Waals surface area contributed by atoms with E-state index in [1.807, 2.05) is 0 Å². The third-order valence-electron chi connectivity index (χ3n) is 19.2. The molecule has 14 aromatic carbocycles. The van der Waals surface area contributed by atoms with Crippen LogP contribution in [0.2, 0.25) is 0 Å². The van der Waals surface area contributed by atoms with Crippen molar-refractivity contribution in [2.75, 3.05) is 4.90 Å². The molecule has 0 fully saturated rings. The molecule has 3 aromatic heterocycles. The van der Waals surface area contributed by atoms with E-state index in [9.17, 15) is 0 Å². The number of anilines is 3. The topological polar surface area (TPSA) is 18.0 Å². The highest BCUT2D eigenvalue weighted by molar-refractivity contribution is 6.14. The molecule has 3 heterocycles. The molecule has 18 rings (SSSR count). The van der Waals surface area contributed by atoms with Crippen LogP contribution >= 0.6 is 0 Å². The van der Waals surface area contributed by atoms with Crippen LogP contribution in [0.3, 0.4) is 0 Å². The second-order valence-corrected chi connectivity index (χ2v) is 24.4. The molecule has 0 saturated heterocycles. The molecule has 17 aromatic rings. The molecule has 0 N–H and O–H groups in total. The lowest BCUT2D eigenvalue weighted by Crippen LogP contribution is -2.17. The maximum atomic E-state index is 2.49. The number of hydrogen-bond donors (Lipinski definition) is 0. The van der Waals surface area contributed by atoms with Gasteiger partial charge in [-0.3, -0.25) is 0 Å². The summed E-state index contributed by atoms with van der Waals surface area (Å²) < 4.78 is 7.25. The van der Waals surface area contributed by atoms with E-state index in [4.69, 9.17) is 0 Å². The Morgan fingerprint density at radius 3 is 1.15 bits per heavy atom. The van der Waals surface area contributed by atoms with Crippen molar-refractivity contribution in [1.29, 1.82) is 0 Å². The summed E-state index contributed by atoms with van der Waals surface area (Å²) in [6, 6.07) is 117. The Bertz CT molecular complexity index is 5630. The summed E-state index contributed by atoms with van der Waals surface area (Å²) in [5, 5.41) is 9.91. The first-order chi connectivity index (χ1) is 43.9. The molecule has 0 atom stereocenters. The van der Waals surface area contributed by atoms with Crippen molar-refractivity contribution in [2.45, 2.75) is 19.3 Å². The van der Waals surface area contributed by atoms with E-state index in [1.54, 1.807) is 0 Å². The molecule has 0 spiro atoms. The Labute approximate surface area is 516 Å². The first-order valence-corrected chi connectivity index (χ1v) is 30.9. The second kappa shape index (κ2) is 19.8. The fourth-order valence-electron chi connectivity index (χ4n) is 15.0. The molecule has 89 heavy (non-hydrogen) atoms. The van der Waals surface area contributed by atoms with E-state index in [0.717, 1.165) is 34.0 Å². The average molecular weight is 1140 g/mol. The van der Waals surface area contributed by atoms with Crippen LogP contribution in [0.1, 0.15) is 25.0 Å². The van der Waals surface area contributed by atoms with Crippen molar-refractivity contribution in [3.05, 3.63) is 327 Å². The SMILES string of the molecule is CC1(C)c2cc(N(c3ccc(-c4ccc(-c5ccc6c7ccccc7n(-c7ccccc7)c6c5)cc4)cc3)c3ccc(-c4ccc5c6ccccc6n(-c6ccccc6)c5c4)c4ccccc34)ccc2-c2ccc(-n3c4ccccc4c4ccccc43)cc21. The minimum absolute atomic E-state index is 0.296. The molecule has 1 aliphatic rings. The molecule has 0 bridgehead atoms. The van der Waals surface area contributed by atoms with Crippen molar-refractivity contribution in [3.8, 4) is 61.6 Å². The highest BCUT2D eigenvalue weighted by Crippen LogP contribution is 2.53. The lowest BCUT2D eigenvalue weighted by Gasteiger charge is -2.29. The zero-order valence-electron chi connectivity index (χ0n) is 49.3. The molecule has 4 nitrogen and oxygen atoms in total. The van der Waals surface area contributed by atoms with E-state index in [-0.39, 0.29) is 5.41 Å². The Balaban J connectivity index is 0.752. The van der Waals surface area contributed by atoms with Crippen molar-refractivity contribution >= 4 is 93.3 Å². The maximum Gasteiger partial charge on any atom is 0.0547 e. The van der Waals surface area contributed by atoms with Gasteiger partial charge in [-0.05, 0) is 164 Å². The third kappa shape index (κ3) is 7.86. The van der Waals surface area contributed by atoms with E-state index in [1.165, 1.54) is 132 Å². The molecular formula is C85H58N4. The molecular weight excluding hydrogens is 1080 g/mol.